The van der Waals surface area contributed by atoms with E-state index in [4.69, 9.17) is 4.74 Å². The molecule has 0 spiro atoms. The molecular weight excluding hydrogens is 304 g/mol. The van der Waals surface area contributed by atoms with Crippen molar-refractivity contribution in [3.63, 3.8) is 0 Å². The van der Waals surface area contributed by atoms with Crippen LogP contribution in [-0.4, -0.2) is 12.1 Å². The van der Waals surface area contributed by atoms with E-state index in [2.05, 4.69) is 44.4 Å². The second kappa shape index (κ2) is 6.68. The summed E-state index contributed by atoms with van der Waals surface area (Å²) in [4.78, 5) is 4.46. The van der Waals surface area contributed by atoms with Gasteiger partial charge in [0.2, 0.25) is 0 Å². The molecule has 1 N–H and O–H groups in total. The molecule has 0 amide bonds. The fourth-order valence-corrected chi connectivity index (χ4v) is 2.05. The number of rotatable bonds is 5. The lowest BCUT2D eigenvalue weighted by molar-refractivity contribution is 0.185. The van der Waals surface area contributed by atoms with Crippen molar-refractivity contribution in [1.82, 2.24) is 4.98 Å². The summed E-state index contributed by atoms with van der Waals surface area (Å²) < 4.78 is 6.16. The van der Waals surface area contributed by atoms with Gasteiger partial charge in [0, 0.05) is 18.1 Å². The fourth-order valence-electron chi connectivity index (χ4n) is 1.83. The molecule has 19 heavy (non-hydrogen) atoms. The highest BCUT2D eigenvalue weighted by molar-refractivity contribution is 9.10. The number of pyridine rings is 1. The van der Waals surface area contributed by atoms with Crippen molar-refractivity contribution in [2.75, 3.05) is 12.4 Å². The van der Waals surface area contributed by atoms with Crippen molar-refractivity contribution in [2.24, 2.45) is 0 Å². The van der Waals surface area contributed by atoms with Crippen LogP contribution in [0.25, 0.3) is 0 Å². The molecular formula is C15H17BrN2O. The quantitative estimate of drug-likeness (QED) is 0.906. The topological polar surface area (TPSA) is 34.1 Å². The van der Waals surface area contributed by atoms with Gasteiger partial charge in [0.05, 0.1) is 12.3 Å². The minimum Gasteiger partial charge on any atom is -0.380 e. The maximum Gasteiger partial charge on any atom is 0.126 e. The van der Waals surface area contributed by atoms with E-state index >= 15 is 0 Å². The predicted molar refractivity (Wildman–Crippen MR) is 81.2 cm³/mol. The maximum absolute atomic E-state index is 5.14. The van der Waals surface area contributed by atoms with Crippen LogP contribution < -0.4 is 5.32 Å². The largest absolute Gasteiger partial charge is 0.380 e. The second-order valence-corrected chi connectivity index (χ2v) is 5.22. The first-order valence-corrected chi connectivity index (χ1v) is 6.92. The number of aryl methyl sites for hydroxylation is 1. The zero-order valence-electron chi connectivity index (χ0n) is 11.1. The van der Waals surface area contributed by atoms with E-state index in [1.165, 1.54) is 11.1 Å². The van der Waals surface area contributed by atoms with Gasteiger partial charge in [-0.05, 0) is 46.1 Å². The number of anilines is 1. The van der Waals surface area contributed by atoms with E-state index in [-0.39, 0.29) is 0 Å². The Hall–Kier alpha value is -1.39. The van der Waals surface area contributed by atoms with Crippen LogP contribution >= 0.6 is 15.9 Å². The summed E-state index contributed by atoms with van der Waals surface area (Å²) >= 11 is 3.45. The molecule has 0 unspecified atom stereocenters. The zero-order chi connectivity index (χ0) is 13.7. The molecule has 0 aliphatic carbocycles. The van der Waals surface area contributed by atoms with Crippen LogP contribution in [0.5, 0.6) is 0 Å². The van der Waals surface area contributed by atoms with Crippen LogP contribution in [0.3, 0.4) is 0 Å². The van der Waals surface area contributed by atoms with Gasteiger partial charge in [-0.25, -0.2) is 4.98 Å². The molecule has 1 aromatic heterocycles. The van der Waals surface area contributed by atoms with Gasteiger partial charge in [-0.2, -0.15) is 0 Å². The molecule has 3 nitrogen and oxygen atoms in total. The summed E-state index contributed by atoms with van der Waals surface area (Å²) in [5.41, 5.74) is 3.39. The first-order chi connectivity index (χ1) is 9.19. The van der Waals surface area contributed by atoms with Gasteiger partial charge in [0.25, 0.3) is 0 Å². The minimum absolute atomic E-state index is 0.642. The van der Waals surface area contributed by atoms with Crippen LogP contribution in [0.1, 0.15) is 16.8 Å². The molecule has 1 heterocycles. The van der Waals surface area contributed by atoms with Crippen molar-refractivity contribution >= 4 is 21.7 Å². The van der Waals surface area contributed by atoms with E-state index in [0.717, 1.165) is 22.5 Å². The summed E-state index contributed by atoms with van der Waals surface area (Å²) in [5.74, 6) is 0.887. The number of ether oxygens (including phenoxy) is 1. The first-order valence-electron chi connectivity index (χ1n) is 6.13. The molecule has 4 heteroatoms. The van der Waals surface area contributed by atoms with Crippen LogP contribution in [0.15, 0.2) is 40.9 Å². The van der Waals surface area contributed by atoms with Gasteiger partial charge in [-0.3, -0.25) is 0 Å². The number of hydrogen-bond acceptors (Lipinski definition) is 3. The molecule has 0 bridgehead atoms. The number of methoxy groups -OCH3 is 1. The Kier molecular flexibility index (Phi) is 4.93. The van der Waals surface area contributed by atoms with Gasteiger partial charge in [0.15, 0.2) is 0 Å². The van der Waals surface area contributed by atoms with Crippen molar-refractivity contribution in [1.29, 1.82) is 0 Å². The Morgan fingerprint density at radius 2 is 2.00 bits per heavy atom. The van der Waals surface area contributed by atoms with E-state index in [1.807, 2.05) is 25.1 Å². The summed E-state index contributed by atoms with van der Waals surface area (Å²) in [7, 11) is 1.71. The minimum atomic E-state index is 0.642. The van der Waals surface area contributed by atoms with E-state index in [1.54, 1.807) is 7.11 Å². The van der Waals surface area contributed by atoms with Crippen molar-refractivity contribution in [2.45, 2.75) is 20.1 Å². The number of hydrogen-bond donors (Lipinski definition) is 1. The average Bonchev–Trinajstić information content (AvgIpc) is 2.41. The lowest BCUT2D eigenvalue weighted by Gasteiger charge is -2.08. The molecule has 0 aliphatic rings. The third kappa shape index (κ3) is 4.04. The van der Waals surface area contributed by atoms with E-state index in [0.29, 0.717) is 6.61 Å². The Morgan fingerprint density at radius 1 is 1.21 bits per heavy atom. The SMILES string of the molecule is COCc1cccc(CNc2ccc(Br)c(C)n2)c1. The van der Waals surface area contributed by atoms with Gasteiger partial charge in [0.1, 0.15) is 5.82 Å². The lowest BCUT2D eigenvalue weighted by atomic mass is 10.1. The Morgan fingerprint density at radius 3 is 2.74 bits per heavy atom. The predicted octanol–water partition coefficient (Wildman–Crippen LogP) is 3.91. The highest BCUT2D eigenvalue weighted by atomic mass is 79.9. The normalized spacial score (nSPS) is 10.5. The van der Waals surface area contributed by atoms with Crippen LogP contribution in [0.4, 0.5) is 5.82 Å². The average molecular weight is 321 g/mol. The van der Waals surface area contributed by atoms with Crippen LogP contribution in [0, 0.1) is 6.92 Å². The molecule has 0 atom stereocenters. The number of nitrogens with zero attached hydrogens (tertiary/aromatic N) is 1. The molecule has 0 fully saturated rings. The molecule has 2 aromatic rings. The molecule has 1 aromatic carbocycles. The Bertz CT molecular complexity index is 558. The number of benzene rings is 1. The Labute approximate surface area is 122 Å². The summed E-state index contributed by atoms with van der Waals surface area (Å²) in [6, 6.07) is 12.3. The van der Waals surface area contributed by atoms with Gasteiger partial charge < -0.3 is 10.1 Å². The van der Waals surface area contributed by atoms with E-state index < -0.39 is 0 Å². The summed E-state index contributed by atoms with van der Waals surface area (Å²) in [5, 5.41) is 3.33. The smallest absolute Gasteiger partial charge is 0.126 e. The second-order valence-electron chi connectivity index (χ2n) is 4.37. The number of aromatic nitrogens is 1. The lowest BCUT2D eigenvalue weighted by Crippen LogP contribution is -2.02. The highest BCUT2D eigenvalue weighted by Crippen LogP contribution is 2.17. The summed E-state index contributed by atoms with van der Waals surface area (Å²) in [6.45, 7) is 3.38. The maximum atomic E-state index is 5.14. The van der Waals surface area contributed by atoms with Crippen molar-refractivity contribution in [3.05, 3.63) is 57.7 Å². The third-order valence-corrected chi connectivity index (χ3v) is 3.64. The third-order valence-electron chi connectivity index (χ3n) is 2.80. The van der Waals surface area contributed by atoms with Crippen LogP contribution in [0.2, 0.25) is 0 Å². The molecule has 0 aliphatic heterocycles. The molecule has 0 radical (unpaired) electrons. The molecule has 2 rings (SSSR count). The molecule has 0 saturated carbocycles. The van der Waals surface area contributed by atoms with Gasteiger partial charge in [-0.15, -0.1) is 0 Å². The van der Waals surface area contributed by atoms with Crippen molar-refractivity contribution in [3.8, 4) is 0 Å². The highest BCUT2D eigenvalue weighted by Gasteiger charge is 2.00. The molecule has 0 saturated heterocycles. The molecule has 100 valence electrons. The van der Waals surface area contributed by atoms with Gasteiger partial charge >= 0.3 is 0 Å². The summed E-state index contributed by atoms with van der Waals surface area (Å²) in [6.07, 6.45) is 0. The van der Waals surface area contributed by atoms with Gasteiger partial charge in [-0.1, -0.05) is 24.3 Å². The fraction of sp³-hybridized carbons (Fsp3) is 0.267. The monoisotopic (exact) mass is 320 g/mol. The Balaban J connectivity index is 2.01. The standard InChI is InChI=1S/C15H17BrN2O/c1-11-14(16)6-7-15(18-11)17-9-12-4-3-5-13(8-12)10-19-2/h3-8H,9-10H2,1-2H3,(H,17,18). The van der Waals surface area contributed by atoms with Crippen LogP contribution in [-0.2, 0) is 17.9 Å². The number of halogens is 1. The first kappa shape index (κ1) is 14.0. The van der Waals surface area contributed by atoms with E-state index in [9.17, 15) is 0 Å². The number of nitrogens with one attached hydrogen (secondary N) is 1. The zero-order valence-corrected chi connectivity index (χ0v) is 12.7. The van der Waals surface area contributed by atoms with Crippen molar-refractivity contribution < 1.29 is 4.74 Å².